The number of ether oxygens (including phenoxy) is 1. The van der Waals surface area contributed by atoms with Gasteiger partial charge in [-0.15, -0.1) is 0 Å². The maximum Gasteiger partial charge on any atom is 0.430 e. The van der Waals surface area contributed by atoms with Crippen molar-refractivity contribution in [3.05, 3.63) is 95.2 Å². The van der Waals surface area contributed by atoms with Gasteiger partial charge in [0.1, 0.15) is 12.3 Å². The monoisotopic (exact) mass is 462 g/mol. The molecule has 0 aliphatic rings. The summed E-state index contributed by atoms with van der Waals surface area (Å²) in [4.78, 5) is 20.4. The van der Waals surface area contributed by atoms with Crippen LogP contribution < -0.4 is 5.73 Å². The molecular weight excluding hydrogens is 445 g/mol. The molecule has 166 valence electrons. The van der Waals surface area contributed by atoms with E-state index in [0.29, 0.717) is 12.1 Å². The van der Waals surface area contributed by atoms with Crippen molar-refractivity contribution in [2.75, 3.05) is 6.61 Å². The van der Waals surface area contributed by atoms with E-state index in [9.17, 15) is 18.0 Å². The van der Waals surface area contributed by atoms with Crippen molar-refractivity contribution in [1.29, 1.82) is 0 Å². The Labute approximate surface area is 186 Å². The first kappa shape index (κ1) is 23.1. The van der Waals surface area contributed by atoms with Crippen molar-refractivity contribution in [3.63, 3.8) is 0 Å². The number of hydrogen-bond acceptors (Lipinski definition) is 5. The minimum absolute atomic E-state index is 0.0621. The molecule has 0 fully saturated rings. The molecule has 1 aromatic heterocycles. The topological polar surface area (TPSA) is 82.5 Å². The lowest BCUT2D eigenvalue weighted by Gasteiger charge is -2.10. The fourth-order valence-corrected chi connectivity index (χ4v) is 2.78. The summed E-state index contributed by atoms with van der Waals surface area (Å²) in [6.07, 6.45) is 0.954. The molecule has 3 rings (SSSR count). The van der Waals surface area contributed by atoms with Gasteiger partial charge in [-0.3, -0.25) is 0 Å². The van der Waals surface area contributed by atoms with E-state index < -0.39 is 17.8 Å². The Morgan fingerprint density at radius 3 is 2.47 bits per heavy atom. The van der Waals surface area contributed by atoms with Crippen molar-refractivity contribution in [2.24, 2.45) is 10.7 Å². The highest BCUT2D eigenvalue weighted by Gasteiger charge is 2.31. The Bertz CT molecular complexity index is 1120. The summed E-state index contributed by atoms with van der Waals surface area (Å²) < 4.78 is 45.9. The van der Waals surface area contributed by atoms with Crippen LogP contribution in [0.4, 0.5) is 18.9 Å². The Hall–Kier alpha value is -3.59. The van der Waals surface area contributed by atoms with Crippen molar-refractivity contribution in [1.82, 2.24) is 9.55 Å². The van der Waals surface area contributed by atoms with Crippen LogP contribution in [0.25, 0.3) is 0 Å². The largest absolute Gasteiger partial charge is 0.460 e. The van der Waals surface area contributed by atoms with Gasteiger partial charge in [0.2, 0.25) is 0 Å². The number of esters is 1. The van der Waals surface area contributed by atoms with Gasteiger partial charge in [0.05, 0.1) is 34.9 Å². The molecule has 0 saturated heterocycles. The molecule has 1 heterocycles. The number of aromatic nitrogens is 2. The number of nitrogens with zero attached hydrogens (tertiary/aromatic N) is 3. The van der Waals surface area contributed by atoms with Gasteiger partial charge in [-0.05, 0) is 30.3 Å². The number of rotatable bonds is 7. The second-order valence-corrected chi connectivity index (χ2v) is 6.97. The van der Waals surface area contributed by atoms with Crippen LogP contribution in [0.1, 0.15) is 15.9 Å². The van der Waals surface area contributed by atoms with E-state index in [0.717, 1.165) is 6.08 Å². The second kappa shape index (κ2) is 10.1. The van der Waals surface area contributed by atoms with E-state index in [1.165, 1.54) is 24.3 Å². The molecule has 0 saturated carbocycles. The predicted molar refractivity (Wildman–Crippen MR) is 115 cm³/mol. The Morgan fingerprint density at radius 1 is 1.16 bits per heavy atom. The zero-order valence-electron chi connectivity index (χ0n) is 16.6. The van der Waals surface area contributed by atoms with Crippen LogP contribution in [0.15, 0.2) is 84.0 Å². The molecular formula is C22H18ClF3N4O2. The molecule has 32 heavy (non-hydrogen) atoms. The average molecular weight is 463 g/mol. The molecule has 0 aliphatic heterocycles. The Kier molecular flexibility index (Phi) is 7.32. The van der Waals surface area contributed by atoms with Crippen molar-refractivity contribution in [2.45, 2.75) is 12.7 Å². The lowest BCUT2D eigenvalue weighted by atomic mass is 10.1. The molecule has 3 aromatic rings. The first-order valence-corrected chi connectivity index (χ1v) is 9.73. The zero-order chi connectivity index (χ0) is 23.1. The van der Waals surface area contributed by atoms with Gasteiger partial charge in [0, 0.05) is 18.0 Å². The number of carbonyl (C=O) groups is 1. The number of hydrogen-bond donors (Lipinski definition) is 1. The minimum atomic E-state index is -4.72. The highest BCUT2D eigenvalue weighted by molar-refractivity contribution is 6.33. The standard InChI is InChI=1S/C22H18ClF3N4O2/c23-17-3-1-2-4-18(17)29-19(13-20(27)22(24,25)26)15-5-7-16(8-6-15)21(31)32-12-11-30-10-9-28-14-30/h1-10,13-14H,11-12,27H2/b20-13-,29-19?. The molecule has 0 atom stereocenters. The van der Waals surface area contributed by atoms with Gasteiger partial charge in [0.25, 0.3) is 0 Å². The number of carbonyl (C=O) groups excluding carboxylic acids is 1. The van der Waals surface area contributed by atoms with Gasteiger partial charge in [0.15, 0.2) is 0 Å². The van der Waals surface area contributed by atoms with Crippen LogP contribution in [-0.4, -0.2) is 34.0 Å². The van der Waals surface area contributed by atoms with E-state index in [1.54, 1.807) is 47.6 Å². The SMILES string of the molecule is N/C(=C\C(=Nc1ccccc1Cl)c1ccc(C(=O)OCCn2ccnc2)cc1)C(F)(F)F. The van der Waals surface area contributed by atoms with E-state index in [1.807, 2.05) is 0 Å². The van der Waals surface area contributed by atoms with Crippen LogP contribution in [-0.2, 0) is 11.3 Å². The summed E-state index contributed by atoms with van der Waals surface area (Å²) in [7, 11) is 0. The Morgan fingerprint density at radius 2 is 1.84 bits per heavy atom. The minimum Gasteiger partial charge on any atom is -0.460 e. The summed E-state index contributed by atoms with van der Waals surface area (Å²) in [5.41, 5.74) is 4.65. The molecule has 0 radical (unpaired) electrons. The number of halogens is 4. The maximum absolute atomic E-state index is 13.0. The number of aliphatic imine (C=N–C) groups is 1. The fourth-order valence-electron chi connectivity index (χ4n) is 2.60. The molecule has 0 amide bonds. The summed E-state index contributed by atoms with van der Waals surface area (Å²) in [5.74, 6) is -0.563. The third kappa shape index (κ3) is 6.21. The molecule has 2 aromatic carbocycles. The van der Waals surface area contributed by atoms with Crippen LogP contribution in [0.2, 0.25) is 5.02 Å². The van der Waals surface area contributed by atoms with E-state index in [-0.39, 0.29) is 28.6 Å². The van der Waals surface area contributed by atoms with Gasteiger partial charge < -0.3 is 15.0 Å². The molecule has 6 nitrogen and oxygen atoms in total. The quantitative estimate of drug-likeness (QED) is 0.399. The maximum atomic E-state index is 13.0. The first-order valence-electron chi connectivity index (χ1n) is 9.35. The third-order valence-electron chi connectivity index (χ3n) is 4.27. The van der Waals surface area contributed by atoms with Gasteiger partial charge in [-0.25, -0.2) is 14.8 Å². The van der Waals surface area contributed by atoms with Gasteiger partial charge in [-0.2, -0.15) is 13.2 Å². The molecule has 0 spiro atoms. The number of imidazole rings is 1. The smallest absolute Gasteiger partial charge is 0.430 e. The van der Waals surface area contributed by atoms with Crippen molar-refractivity contribution < 1.29 is 22.7 Å². The summed E-state index contributed by atoms with van der Waals surface area (Å²) in [6.45, 7) is 0.584. The van der Waals surface area contributed by atoms with E-state index in [4.69, 9.17) is 22.1 Å². The molecule has 0 aliphatic carbocycles. The van der Waals surface area contributed by atoms with Crippen LogP contribution in [0.5, 0.6) is 0 Å². The third-order valence-corrected chi connectivity index (χ3v) is 4.59. The summed E-state index contributed by atoms with van der Waals surface area (Å²) in [6, 6.07) is 12.3. The van der Waals surface area contributed by atoms with Crippen LogP contribution in [0, 0.1) is 0 Å². The normalized spacial score (nSPS) is 12.6. The molecule has 0 unspecified atom stereocenters. The number of alkyl halides is 3. The summed E-state index contributed by atoms with van der Waals surface area (Å²) in [5, 5.41) is 0.266. The second-order valence-electron chi connectivity index (χ2n) is 6.56. The first-order chi connectivity index (χ1) is 15.2. The summed E-state index contributed by atoms with van der Waals surface area (Å²) >= 11 is 6.09. The van der Waals surface area contributed by atoms with Crippen LogP contribution in [0.3, 0.4) is 0 Å². The highest BCUT2D eigenvalue weighted by atomic mass is 35.5. The average Bonchev–Trinajstić information content (AvgIpc) is 3.27. The Balaban J connectivity index is 1.82. The zero-order valence-corrected chi connectivity index (χ0v) is 17.3. The number of para-hydroxylation sites is 1. The van der Waals surface area contributed by atoms with Crippen LogP contribution >= 0.6 is 11.6 Å². The lowest BCUT2D eigenvalue weighted by molar-refractivity contribution is -0.0925. The number of benzene rings is 2. The number of nitrogens with two attached hydrogens (primary N) is 1. The number of allylic oxidation sites excluding steroid dienone is 2. The molecule has 0 bridgehead atoms. The van der Waals surface area contributed by atoms with Gasteiger partial charge >= 0.3 is 12.1 Å². The van der Waals surface area contributed by atoms with Crippen molar-refractivity contribution >= 4 is 29.0 Å². The fraction of sp³-hybridized carbons (Fsp3) is 0.136. The predicted octanol–water partition coefficient (Wildman–Crippen LogP) is 4.92. The van der Waals surface area contributed by atoms with E-state index in [2.05, 4.69) is 9.98 Å². The van der Waals surface area contributed by atoms with E-state index >= 15 is 0 Å². The molecule has 10 heteroatoms. The van der Waals surface area contributed by atoms with Gasteiger partial charge in [-0.1, -0.05) is 35.9 Å². The van der Waals surface area contributed by atoms with Crippen molar-refractivity contribution in [3.8, 4) is 0 Å². The lowest BCUT2D eigenvalue weighted by Crippen LogP contribution is -2.21. The molecule has 2 N–H and O–H groups in total. The highest BCUT2D eigenvalue weighted by Crippen LogP contribution is 2.27.